The van der Waals surface area contributed by atoms with E-state index in [1.165, 1.54) is 5.56 Å². The summed E-state index contributed by atoms with van der Waals surface area (Å²) < 4.78 is 13.9. The van der Waals surface area contributed by atoms with Crippen LogP contribution in [0.2, 0.25) is 0 Å². The van der Waals surface area contributed by atoms with Crippen LogP contribution < -0.4 is 5.73 Å². The van der Waals surface area contributed by atoms with Crippen LogP contribution >= 0.6 is 0 Å². The van der Waals surface area contributed by atoms with Crippen molar-refractivity contribution >= 4 is 0 Å². The van der Waals surface area contributed by atoms with Crippen molar-refractivity contribution in [3.63, 3.8) is 0 Å². The second-order valence-electron chi connectivity index (χ2n) is 5.50. The third-order valence-corrected chi connectivity index (χ3v) is 3.78. The number of rotatable bonds is 3. The van der Waals surface area contributed by atoms with E-state index in [9.17, 15) is 4.39 Å². The molecule has 2 N–H and O–H groups in total. The molecule has 16 heavy (non-hydrogen) atoms. The maximum atomic E-state index is 13.9. The Morgan fingerprint density at radius 2 is 2.00 bits per heavy atom. The van der Waals surface area contributed by atoms with Gasteiger partial charge in [-0.05, 0) is 44.7 Å². The molecule has 1 aromatic rings. The molecule has 1 atom stereocenters. The third-order valence-electron chi connectivity index (χ3n) is 3.78. The van der Waals surface area contributed by atoms with E-state index >= 15 is 0 Å². The molecule has 0 spiro atoms. The van der Waals surface area contributed by atoms with E-state index in [1.54, 1.807) is 13.8 Å². The van der Waals surface area contributed by atoms with Crippen molar-refractivity contribution < 1.29 is 4.39 Å². The molecule has 1 aliphatic rings. The standard InChI is InChI=1S/C14H20FN/c1-10(16)14(7-8-14)12-6-4-5-11(9-12)13(2,3)15/h4-6,9-10H,7-8,16H2,1-3H3. The van der Waals surface area contributed by atoms with Gasteiger partial charge in [-0.25, -0.2) is 4.39 Å². The first kappa shape index (κ1) is 11.6. The number of nitrogens with two attached hydrogens (primary N) is 1. The molecule has 0 amide bonds. The minimum Gasteiger partial charge on any atom is -0.327 e. The first-order chi connectivity index (χ1) is 7.36. The van der Waals surface area contributed by atoms with Gasteiger partial charge in [-0.3, -0.25) is 0 Å². The zero-order valence-corrected chi connectivity index (χ0v) is 10.3. The smallest absolute Gasteiger partial charge is 0.130 e. The topological polar surface area (TPSA) is 26.0 Å². The lowest BCUT2D eigenvalue weighted by atomic mass is 9.86. The van der Waals surface area contributed by atoms with Gasteiger partial charge in [0.15, 0.2) is 0 Å². The molecular weight excluding hydrogens is 201 g/mol. The van der Waals surface area contributed by atoms with Crippen LogP contribution in [0.25, 0.3) is 0 Å². The predicted molar refractivity (Wildman–Crippen MR) is 65.1 cm³/mol. The van der Waals surface area contributed by atoms with Crippen LogP contribution in [0.1, 0.15) is 44.7 Å². The highest BCUT2D eigenvalue weighted by Gasteiger charge is 2.47. The Hall–Kier alpha value is -0.890. The Balaban J connectivity index is 2.37. The van der Waals surface area contributed by atoms with Crippen molar-refractivity contribution in [2.75, 3.05) is 0 Å². The molecule has 0 aromatic heterocycles. The predicted octanol–water partition coefficient (Wildman–Crippen LogP) is 3.27. The molecule has 0 heterocycles. The first-order valence-corrected chi connectivity index (χ1v) is 5.92. The van der Waals surface area contributed by atoms with Crippen molar-refractivity contribution in [1.29, 1.82) is 0 Å². The lowest BCUT2D eigenvalue weighted by molar-refractivity contribution is 0.221. The lowest BCUT2D eigenvalue weighted by Crippen LogP contribution is -2.31. The van der Waals surface area contributed by atoms with Crippen LogP contribution in [0.15, 0.2) is 24.3 Å². The zero-order valence-electron chi connectivity index (χ0n) is 10.3. The van der Waals surface area contributed by atoms with E-state index in [0.717, 1.165) is 18.4 Å². The van der Waals surface area contributed by atoms with E-state index in [2.05, 4.69) is 6.07 Å². The number of hydrogen-bond acceptors (Lipinski definition) is 1. The van der Waals surface area contributed by atoms with Crippen LogP contribution in [0.5, 0.6) is 0 Å². The monoisotopic (exact) mass is 221 g/mol. The average Bonchev–Trinajstić information content (AvgIpc) is 2.97. The Labute approximate surface area is 96.9 Å². The van der Waals surface area contributed by atoms with Gasteiger partial charge in [-0.2, -0.15) is 0 Å². The second-order valence-corrected chi connectivity index (χ2v) is 5.50. The van der Waals surface area contributed by atoms with Crippen LogP contribution in [0.4, 0.5) is 4.39 Å². The largest absolute Gasteiger partial charge is 0.327 e. The summed E-state index contributed by atoms with van der Waals surface area (Å²) in [6, 6.07) is 7.99. The fraction of sp³-hybridized carbons (Fsp3) is 0.571. The van der Waals surface area contributed by atoms with Crippen LogP contribution in [-0.2, 0) is 11.1 Å². The third kappa shape index (κ3) is 1.86. The van der Waals surface area contributed by atoms with E-state index < -0.39 is 5.67 Å². The molecule has 1 nitrogen and oxygen atoms in total. The maximum absolute atomic E-state index is 13.9. The number of benzene rings is 1. The minimum atomic E-state index is -1.27. The van der Waals surface area contributed by atoms with Gasteiger partial charge >= 0.3 is 0 Å². The van der Waals surface area contributed by atoms with Gasteiger partial charge in [0, 0.05) is 11.5 Å². The summed E-state index contributed by atoms with van der Waals surface area (Å²) in [7, 11) is 0. The highest BCUT2D eigenvalue weighted by Crippen LogP contribution is 2.50. The maximum Gasteiger partial charge on any atom is 0.130 e. The molecule has 1 fully saturated rings. The Morgan fingerprint density at radius 1 is 1.38 bits per heavy atom. The van der Waals surface area contributed by atoms with E-state index in [1.807, 2.05) is 25.1 Å². The summed E-state index contributed by atoms with van der Waals surface area (Å²) in [5.41, 5.74) is 6.82. The van der Waals surface area contributed by atoms with Crippen molar-refractivity contribution in [2.24, 2.45) is 5.73 Å². The molecule has 1 aliphatic carbocycles. The van der Waals surface area contributed by atoms with Crippen molar-refractivity contribution in [3.8, 4) is 0 Å². The Bertz CT molecular complexity index is 386. The van der Waals surface area contributed by atoms with Gasteiger partial charge in [0.1, 0.15) is 5.67 Å². The normalized spacial score (nSPS) is 20.6. The molecular formula is C14H20FN. The molecule has 2 rings (SSSR count). The molecule has 1 aromatic carbocycles. The summed E-state index contributed by atoms with van der Waals surface area (Å²) in [6.07, 6.45) is 2.25. The molecule has 0 aliphatic heterocycles. The molecule has 1 saturated carbocycles. The van der Waals surface area contributed by atoms with Gasteiger partial charge in [0.2, 0.25) is 0 Å². The number of halogens is 1. The SMILES string of the molecule is CC(N)C1(c2cccc(C(C)(C)F)c2)CC1. The summed E-state index contributed by atoms with van der Waals surface area (Å²) >= 11 is 0. The van der Waals surface area contributed by atoms with E-state index in [0.29, 0.717) is 0 Å². The van der Waals surface area contributed by atoms with Gasteiger partial charge in [-0.1, -0.05) is 24.3 Å². The fourth-order valence-electron chi connectivity index (χ4n) is 2.34. The molecule has 0 radical (unpaired) electrons. The molecule has 1 unspecified atom stereocenters. The van der Waals surface area contributed by atoms with Gasteiger partial charge < -0.3 is 5.73 Å². The highest BCUT2D eigenvalue weighted by molar-refractivity contribution is 5.38. The Morgan fingerprint density at radius 3 is 2.44 bits per heavy atom. The van der Waals surface area contributed by atoms with Crippen molar-refractivity contribution in [2.45, 2.75) is 50.7 Å². The number of hydrogen-bond donors (Lipinski definition) is 1. The van der Waals surface area contributed by atoms with Crippen molar-refractivity contribution in [1.82, 2.24) is 0 Å². The van der Waals surface area contributed by atoms with Gasteiger partial charge in [0.25, 0.3) is 0 Å². The summed E-state index contributed by atoms with van der Waals surface area (Å²) in [6.45, 7) is 5.23. The van der Waals surface area contributed by atoms with Gasteiger partial charge in [0.05, 0.1) is 0 Å². The average molecular weight is 221 g/mol. The molecule has 2 heteroatoms. The zero-order chi connectivity index (χ0) is 12.0. The first-order valence-electron chi connectivity index (χ1n) is 5.92. The molecule has 88 valence electrons. The van der Waals surface area contributed by atoms with E-state index in [4.69, 9.17) is 5.73 Å². The summed E-state index contributed by atoms with van der Waals surface area (Å²) in [5.74, 6) is 0. The summed E-state index contributed by atoms with van der Waals surface area (Å²) in [4.78, 5) is 0. The van der Waals surface area contributed by atoms with E-state index in [-0.39, 0.29) is 11.5 Å². The highest BCUT2D eigenvalue weighted by atomic mass is 19.1. The van der Waals surface area contributed by atoms with Crippen molar-refractivity contribution in [3.05, 3.63) is 35.4 Å². The summed E-state index contributed by atoms with van der Waals surface area (Å²) in [5, 5.41) is 0. The van der Waals surface area contributed by atoms with Crippen LogP contribution in [0, 0.1) is 0 Å². The quantitative estimate of drug-likeness (QED) is 0.833. The Kier molecular flexibility index (Phi) is 2.58. The van der Waals surface area contributed by atoms with Gasteiger partial charge in [-0.15, -0.1) is 0 Å². The molecule has 0 bridgehead atoms. The van der Waals surface area contributed by atoms with Crippen LogP contribution in [0.3, 0.4) is 0 Å². The van der Waals surface area contributed by atoms with Crippen LogP contribution in [-0.4, -0.2) is 6.04 Å². The minimum absolute atomic E-state index is 0.112. The second kappa shape index (κ2) is 3.56. The molecule has 0 saturated heterocycles. The fourth-order valence-corrected chi connectivity index (χ4v) is 2.34. The number of alkyl halides is 1. The lowest BCUT2D eigenvalue weighted by Gasteiger charge is -2.23.